The van der Waals surface area contributed by atoms with Gasteiger partial charge in [0, 0.05) is 0 Å². The first-order valence-electron chi connectivity index (χ1n) is 3.73. The Balaban J connectivity index is 2.68. The van der Waals surface area contributed by atoms with Crippen LogP contribution in [0, 0.1) is 0 Å². The summed E-state index contributed by atoms with van der Waals surface area (Å²) in [4.78, 5) is 0. The van der Waals surface area contributed by atoms with Crippen LogP contribution in [0.25, 0.3) is 0 Å². The van der Waals surface area contributed by atoms with Crippen molar-refractivity contribution in [3.8, 4) is 0 Å². The minimum Gasteiger partial charge on any atom is -0.468 e. The fourth-order valence-corrected chi connectivity index (χ4v) is 2.12. The van der Waals surface area contributed by atoms with Crippen LogP contribution >= 0.6 is 0 Å². The van der Waals surface area contributed by atoms with E-state index >= 15 is 0 Å². The molecule has 0 aromatic carbocycles. The second kappa shape index (κ2) is 4.14. The molecule has 0 aliphatic rings. The van der Waals surface area contributed by atoms with Crippen LogP contribution in [0.3, 0.4) is 0 Å². The number of hydrogen-bond donors (Lipinski definition) is 2. The normalized spacial score (nSPS) is 13.0. The third-order valence-electron chi connectivity index (χ3n) is 1.44. The number of furan rings is 1. The zero-order valence-corrected chi connectivity index (χ0v) is 8.07. The summed E-state index contributed by atoms with van der Waals surface area (Å²) in [5.74, 6) is -0.743. The number of nitrogens with two attached hydrogens (primary N) is 1. The van der Waals surface area contributed by atoms with Gasteiger partial charge in [-0.25, -0.2) is 8.42 Å². The fourth-order valence-electron chi connectivity index (χ4n) is 0.917. The summed E-state index contributed by atoms with van der Waals surface area (Å²) < 4.78 is 27.5. The molecule has 3 N–H and O–H groups in total. The molecule has 0 saturated carbocycles. The standard InChI is InChI=1S/C7H10N2O4S/c8-7(9-10)5-14(11,12)4-6-2-1-3-13-6/h1-3,10H,4-5H2,(H2,8,9). The number of hydrogen-bond acceptors (Lipinski definition) is 5. The maximum absolute atomic E-state index is 11.3. The molecule has 78 valence electrons. The SMILES string of the molecule is NC(CS(=O)(=O)Cc1ccco1)=NO. The highest BCUT2D eigenvalue weighted by molar-refractivity contribution is 7.91. The van der Waals surface area contributed by atoms with E-state index in [0.29, 0.717) is 5.76 Å². The Kier molecular flexibility index (Phi) is 3.13. The minimum atomic E-state index is -3.43. The van der Waals surface area contributed by atoms with Crippen LogP contribution in [-0.2, 0) is 15.6 Å². The van der Waals surface area contributed by atoms with Crippen LogP contribution in [0.4, 0.5) is 0 Å². The van der Waals surface area contributed by atoms with E-state index in [-0.39, 0.29) is 11.6 Å². The molecular formula is C7H10N2O4S. The molecule has 0 bridgehead atoms. The van der Waals surface area contributed by atoms with Gasteiger partial charge in [-0.2, -0.15) is 0 Å². The Hall–Kier alpha value is -1.50. The summed E-state index contributed by atoms with van der Waals surface area (Å²) in [5, 5.41) is 10.8. The summed E-state index contributed by atoms with van der Waals surface area (Å²) >= 11 is 0. The van der Waals surface area contributed by atoms with E-state index in [2.05, 4.69) is 5.16 Å². The maximum Gasteiger partial charge on any atom is 0.164 e. The van der Waals surface area contributed by atoms with Crippen molar-refractivity contribution in [2.75, 3.05) is 5.75 Å². The molecule has 14 heavy (non-hydrogen) atoms. The summed E-state index contributed by atoms with van der Waals surface area (Å²) in [5.41, 5.74) is 5.08. The summed E-state index contributed by atoms with van der Waals surface area (Å²) in [7, 11) is -3.43. The number of amidine groups is 1. The zero-order valence-electron chi connectivity index (χ0n) is 7.25. The number of oxime groups is 1. The van der Waals surface area contributed by atoms with E-state index < -0.39 is 15.6 Å². The van der Waals surface area contributed by atoms with Crippen molar-refractivity contribution in [3.05, 3.63) is 24.2 Å². The van der Waals surface area contributed by atoms with Crippen LogP contribution in [0.15, 0.2) is 28.0 Å². The molecule has 6 nitrogen and oxygen atoms in total. The smallest absolute Gasteiger partial charge is 0.164 e. The van der Waals surface area contributed by atoms with Crippen molar-refractivity contribution in [1.82, 2.24) is 0 Å². The molecule has 7 heteroatoms. The molecular weight excluding hydrogens is 208 g/mol. The highest BCUT2D eigenvalue weighted by Crippen LogP contribution is 2.06. The van der Waals surface area contributed by atoms with Crippen molar-refractivity contribution < 1.29 is 18.0 Å². The molecule has 0 radical (unpaired) electrons. The first kappa shape index (κ1) is 10.6. The number of nitrogens with zero attached hydrogens (tertiary/aromatic N) is 1. The quantitative estimate of drug-likeness (QED) is 0.319. The lowest BCUT2D eigenvalue weighted by Crippen LogP contribution is -2.24. The molecule has 0 spiro atoms. The molecule has 0 aliphatic carbocycles. The van der Waals surface area contributed by atoms with Crippen LogP contribution in [0.2, 0.25) is 0 Å². The Morgan fingerprint density at radius 2 is 2.36 bits per heavy atom. The van der Waals surface area contributed by atoms with Gasteiger partial charge in [-0.15, -0.1) is 0 Å². The molecule has 1 rings (SSSR count). The van der Waals surface area contributed by atoms with Crippen LogP contribution in [-0.4, -0.2) is 25.2 Å². The van der Waals surface area contributed by atoms with Gasteiger partial charge in [-0.1, -0.05) is 5.16 Å². The Bertz CT molecular complexity index is 407. The molecule has 1 aromatic rings. The monoisotopic (exact) mass is 218 g/mol. The van der Waals surface area contributed by atoms with Crippen molar-refractivity contribution in [2.45, 2.75) is 5.75 Å². The highest BCUT2D eigenvalue weighted by Gasteiger charge is 2.15. The third-order valence-corrected chi connectivity index (χ3v) is 2.90. The van der Waals surface area contributed by atoms with Crippen molar-refractivity contribution in [3.63, 3.8) is 0 Å². The lowest BCUT2D eigenvalue weighted by atomic mass is 10.5. The number of sulfone groups is 1. The first-order valence-corrected chi connectivity index (χ1v) is 5.55. The average molecular weight is 218 g/mol. The summed E-state index contributed by atoms with van der Waals surface area (Å²) in [6.07, 6.45) is 1.38. The number of rotatable bonds is 4. The summed E-state index contributed by atoms with van der Waals surface area (Å²) in [6, 6.07) is 3.14. The second-order valence-corrected chi connectivity index (χ2v) is 4.77. The van der Waals surface area contributed by atoms with Crippen LogP contribution in [0.1, 0.15) is 5.76 Å². The predicted molar refractivity (Wildman–Crippen MR) is 49.6 cm³/mol. The van der Waals surface area contributed by atoms with Gasteiger partial charge in [0.25, 0.3) is 0 Å². The molecule has 0 unspecified atom stereocenters. The Labute approximate surface area is 80.9 Å². The molecule has 0 aliphatic heterocycles. The molecule has 1 heterocycles. The van der Waals surface area contributed by atoms with E-state index in [1.165, 1.54) is 6.26 Å². The zero-order chi connectivity index (χ0) is 10.6. The second-order valence-electron chi connectivity index (χ2n) is 2.70. The largest absolute Gasteiger partial charge is 0.468 e. The third kappa shape index (κ3) is 3.09. The van der Waals surface area contributed by atoms with E-state index in [1.807, 2.05) is 0 Å². The molecule has 1 aromatic heterocycles. The first-order chi connectivity index (χ1) is 6.53. The van der Waals surface area contributed by atoms with E-state index in [0.717, 1.165) is 0 Å². The molecule has 0 saturated heterocycles. The van der Waals surface area contributed by atoms with Gasteiger partial charge in [0.2, 0.25) is 0 Å². The maximum atomic E-state index is 11.3. The van der Waals surface area contributed by atoms with Gasteiger partial charge in [0.15, 0.2) is 15.7 Å². The Morgan fingerprint density at radius 3 is 2.86 bits per heavy atom. The van der Waals surface area contributed by atoms with Crippen LogP contribution in [0.5, 0.6) is 0 Å². The average Bonchev–Trinajstić information content (AvgIpc) is 2.54. The lowest BCUT2D eigenvalue weighted by Gasteiger charge is -1.99. The van der Waals surface area contributed by atoms with Gasteiger partial charge in [0.1, 0.15) is 17.3 Å². The van der Waals surface area contributed by atoms with Crippen molar-refractivity contribution >= 4 is 15.7 Å². The van der Waals surface area contributed by atoms with Crippen molar-refractivity contribution in [2.24, 2.45) is 10.9 Å². The van der Waals surface area contributed by atoms with Gasteiger partial charge >= 0.3 is 0 Å². The Morgan fingerprint density at radius 1 is 1.64 bits per heavy atom. The van der Waals surface area contributed by atoms with Gasteiger partial charge < -0.3 is 15.4 Å². The topological polar surface area (TPSA) is 106 Å². The van der Waals surface area contributed by atoms with Crippen molar-refractivity contribution in [1.29, 1.82) is 0 Å². The fraction of sp³-hybridized carbons (Fsp3) is 0.286. The van der Waals surface area contributed by atoms with Gasteiger partial charge in [0.05, 0.1) is 6.26 Å². The van der Waals surface area contributed by atoms with E-state index in [9.17, 15) is 8.42 Å². The minimum absolute atomic E-state index is 0.254. The molecule has 0 fully saturated rings. The molecule has 0 amide bonds. The van der Waals surface area contributed by atoms with Crippen LogP contribution < -0.4 is 5.73 Å². The molecule has 0 atom stereocenters. The van der Waals surface area contributed by atoms with E-state index in [1.54, 1.807) is 12.1 Å². The lowest BCUT2D eigenvalue weighted by molar-refractivity contribution is 0.318. The highest BCUT2D eigenvalue weighted by atomic mass is 32.2. The van der Waals surface area contributed by atoms with Gasteiger partial charge in [-0.3, -0.25) is 0 Å². The van der Waals surface area contributed by atoms with E-state index in [4.69, 9.17) is 15.4 Å². The van der Waals surface area contributed by atoms with Gasteiger partial charge in [-0.05, 0) is 12.1 Å². The summed E-state index contributed by atoms with van der Waals surface area (Å²) in [6.45, 7) is 0. The predicted octanol–water partition coefficient (Wildman–Crippen LogP) is -0.0592.